The molecular weight excluding hydrogens is 521 g/mol. The lowest BCUT2D eigenvalue weighted by molar-refractivity contribution is 0.246. The molecule has 0 unspecified atom stereocenters. The number of para-hydroxylation sites is 1. The molecule has 1 heterocycles. The van der Waals surface area contributed by atoms with Crippen LogP contribution in [-0.2, 0) is 6.54 Å². The van der Waals surface area contributed by atoms with E-state index in [0.717, 1.165) is 45.4 Å². The maximum absolute atomic E-state index is 13.9. The SMILES string of the molecule is Oc1c(I)cc(I)cc1CN1CCN(c2ccccc2F)CC1. The van der Waals surface area contributed by atoms with Crippen LogP contribution < -0.4 is 4.90 Å². The summed E-state index contributed by atoms with van der Waals surface area (Å²) >= 11 is 4.43. The number of rotatable bonds is 3. The van der Waals surface area contributed by atoms with Crippen molar-refractivity contribution in [2.24, 2.45) is 0 Å². The van der Waals surface area contributed by atoms with Crippen LogP contribution in [0, 0.1) is 13.0 Å². The van der Waals surface area contributed by atoms with Gasteiger partial charge in [0.25, 0.3) is 0 Å². The normalized spacial score (nSPS) is 15.9. The lowest BCUT2D eigenvalue weighted by Gasteiger charge is -2.36. The first-order valence-electron chi connectivity index (χ1n) is 7.43. The summed E-state index contributed by atoms with van der Waals surface area (Å²) in [5.41, 5.74) is 1.64. The molecule has 0 atom stereocenters. The van der Waals surface area contributed by atoms with Gasteiger partial charge in [-0.3, -0.25) is 4.90 Å². The number of hydrogen-bond donors (Lipinski definition) is 1. The fraction of sp³-hybridized carbons (Fsp3) is 0.294. The Morgan fingerprint density at radius 2 is 1.74 bits per heavy atom. The largest absolute Gasteiger partial charge is 0.507 e. The highest BCUT2D eigenvalue weighted by atomic mass is 127. The third-order valence-corrected chi connectivity index (χ3v) is 5.51. The maximum Gasteiger partial charge on any atom is 0.146 e. The highest BCUT2D eigenvalue weighted by molar-refractivity contribution is 14.1. The van der Waals surface area contributed by atoms with E-state index >= 15 is 0 Å². The molecule has 1 fully saturated rings. The molecule has 1 aliphatic heterocycles. The highest BCUT2D eigenvalue weighted by Crippen LogP contribution is 2.28. The second-order valence-electron chi connectivity index (χ2n) is 5.61. The third-order valence-electron chi connectivity index (χ3n) is 4.07. The molecule has 0 bridgehead atoms. The number of phenolic OH excluding ortho intramolecular Hbond substituents is 1. The zero-order valence-corrected chi connectivity index (χ0v) is 16.8. The van der Waals surface area contributed by atoms with Crippen molar-refractivity contribution in [2.75, 3.05) is 31.1 Å². The summed E-state index contributed by atoms with van der Waals surface area (Å²) in [6.45, 7) is 4.03. The van der Waals surface area contributed by atoms with Gasteiger partial charge >= 0.3 is 0 Å². The Kier molecular flexibility index (Phi) is 5.63. The van der Waals surface area contributed by atoms with Gasteiger partial charge in [-0.05, 0) is 69.4 Å². The van der Waals surface area contributed by atoms with E-state index in [9.17, 15) is 9.50 Å². The van der Waals surface area contributed by atoms with Crippen LogP contribution in [0.4, 0.5) is 10.1 Å². The number of hydrogen-bond acceptors (Lipinski definition) is 3. The van der Waals surface area contributed by atoms with Crippen LogP contribution in [-0.4, -0.2) is 36.2 Å². The lowest BCUT2D eigenvalue weighted by atomic mass is 10.1. The van der Waals surface area contributed by atoms with Gasteiger partial charge in [0.05, 0.1) is 9.26 Å². The minimum Gasteiger partial charge on any atom is -0.507 e. The first-order valence-corrected chi connectivity index (χ1v) is 9.59. The first-order chi connectivity index (χ1) is 11.0. The molecule has 1 aliphatic rings. The van der Waals surface area contributed by atoms with Crippen LogP contribution in [0.1, 0.15) is 5.56 Å². The topological polar surface area (TPSA) is 26.7 Å². The minimum absolute atomic E-state index is 0.161. The summed E-state index contributed by atoms with van der Waals surface area (Å²) in [6.07, 6.45) is 0. The van der Waals surface area contributed by atoms with Crippen molar-refractivity contribution in [2.45, 2.75) is 6.54 Å². The van der Waals surface area contributed by atoms with Gasteiger partial charge in [0.1, 0.15) is 11.6 Å². The molecule has 23 heavy (non-hydrogen) atoms. The molecule has 0 radical (unpaired) electrons. The third kappa shape index (κ3) is 4.08. The molecule has 0 amide bonds. The quantitative estimate of drug-likeness (QED) is 0.598. The molecule has 1 N–H and O–H groups in total. The standard InChI is InChI=1S/C17H17FI2N2O/c18-14-3-1-2-4-16(14)22-7-5-21(6-8-22)11-12-9-13(19)10-15(20)17(12)23/h1-4,9-10,23H,5-8,11H2. The van der Waals surface area contributed by atoms with Gasteiger partial charge < -0.3 is 10.0 Å². The van der Waals surface area contributed by atoms with Crippen molar-refractivity contribution in [1.82, 2.24) is 4.90 Å². The summed E-state index contributed by atoms with van der Waals surface area (Å²) in [7, 11) is 0. The molecule has 1 saturated heterocycles. The van der Waals surface area contributed by atoms with Gasteiger partial charge in [-0.2, -0.15) is 0 Å². The van der Waals surface area contributed by atoms with Gasteiger partial charge in [0, 0.05) is 41.9 Å². The molecule has 3 rings (SSSR count). The predicted molar refractivity (Wildman–Crippen MR) is 107 cm³/mol. The molecule has 0 aromatic heterocycles. The predicted octanol–water partition coefficient (Wildman–Crippen LogP) is 4.06. The molecule has 122 valence electrons. The summed E-state index contributed by atoms with van der Waals surface area (Å²) < 4.78 is 15.9. The fourth-order valence-electron chi connectivity index (χ4n) is 2.84. The Balaban J connectivity index is 1.65. The number of aromatic hydroxyl groups is 1. The van der Waals surface area contributed by atoms with Crippen molar-refractivity contribution >= 4 is 50.9 Å². The molecule has 0 saturated carbocycles. The van der Waals surface area contributed by atoms with E-state index in [1.807, 2.05) is 24.3 Å². The maximum atomic E-state index is 13.9. The number of nitrogens with zero attached hydrogens (tertiary/aromatic N) is 2. The van der Waals surface area contributed by atoms with Crippen LogP contribution >= 0.6 is 45.2 Å². The van der Waals surface area contributed by atoms with E-state index in [1.165, 1.54) is 6.07 Å². The highest BCUT2D eigenvalue weighted by Gasteiger charge is 2.20. The van der Waals surface area contributed by atoms with Crippen molar-refractivity contribution in [3.05, 3.63) is 54.9 Å². The fourth-order valence-corrected chi connectivity index (χ4v) is 4.80. The zero-order chi connectivity index (χ0) is 16.4. The summed E-state index contributed by atoms with van der Waals surface area (Å²) in [5.74, 6) is 0.216. The number of phenols is 1. The monoisotopic (exact) mass is 538 g/mol. The van der Waals surface area contributed by atoms with E-state index in [1.54, 1.807) is 6.07 Å². The van der Waals surface area contributed by atoms with Gasteiger partial charge in [0.2, 0.25) is 0 Å². The van der Waals surface area contributed by atoms with Gasteiger partial charge in [-0.25, -0.2) is 4.39 Å². The Bertz CT molecular complexity index is 703. The molecule has 2 aromatic carbocycles. The van der Waals surface area contributed by atoms with E-state index in [4.69, 9.17) is 0 Å². The number of piperazine rings is 1. The summed E-state index contributed by atoms with van der Waals surface area (Å²) in [5, 5.41) is 10.2. The van der Waals surface area contributed by atoms with Crippen molar-refractivity contribution in [3.63, 3.8) is 0 Å². The Morgan fingerprint density at radius 3 is 2.43 bits per heavy atom. The zero-order valence-electron chi connectivity index (χ0n) is 12.5. The Morgan fingerprint density at radius 1 is 1.04 bits per heavy atom. The van der Waals surface area contributed by atoms with Gasteiger partial charge in [0.15, 0.2) is 0 Å². The van der Waals surface area contributed by atoms with Crippen molar-refractivity contribution in [1.29, 1.82) is 0 Å². The Labute approximate surface area is 162 Å². The Hall–Kier alpha value is -0.610. The van der Waals surface area contributed by atoms with Crippen LogP contribution in [0.5, 0.6) is 5.75 Å². The number of anilines is 1. The second kappa shape index (κ2) is 7.52. The first kappa shape index (κ1) is 17.2. The van der Waals surface area contributed by atoms with Crippen molar-refractivity contribution < 1.29 is 9.50 Å². The average molecular weight is 538 g/mol. The lowest BCUT2D eigenvalue weighted by Crippen LogP contribution is -2.46. The summed E-state index contributed by atoms with van der Waals surface area (Å²) in [4.78, 5) is 4.39. The van der Waals surface area contributed by atoms with Crippen molar-refractivity contribution in [3.8, 4) is 5.75 Å². The van der Waals surface area contributed by atoms with E-state index in [0.29, 0.717) is 11.4 Å². The van der Waals surface area contributed by atoms with E-state index in [2.05, 4.69) is 55.0 Å². The minimum atomic E-state index is -0.161. The molecular formula is C17H17FI2N2O. The molecule has 0 aliphatic carbocycles. The molecule has 6 heteroatoms. The number of benzene rings is 2. The van der Waals surface area contributed by atoms with E-state index < -0.39 is 0 Å². The van der Waals surface area contributed by atoms with Crippen LogP contribution in [0.25, 0.3) is 0 Å². The van der Waals surface area contributed by atoms with Crippen LogP contribution in [0.15, 0.2) is 36.4 Å². The molecule has 0 spiro atoms. The molecule has 3 nitrogen and oxygen atoms in total. The van der Waals surface area contributed by atoms with Crippen LogP contribution in [0.2, 0.25) is 0 Å². The van der Waals surface area contributed by atoms with Gasteiger partial charge in [-0.15, -0.1) is 0 Å². The van der Waals surface area contributed by atoms with Gasteiger partial charge in [-0.1, -0.05) is 12.1 Å². The number of halogens is 3. The van der Waals surface area contributed by atoms with E-state index in [-0.39, 0.29) is 5.82 Å². The second-order valence-corrected chi connectivity index (χ2v) is 8.02. The summed E-state index contributed by atoms with van der Waals surface area (Å²) in [6, 6.07) is 10.9. The molecule has 2 aromatic rings. The average Bonchev–Trinajstić information content (AvgIpc) is 2.53. The van der Waals surface area contributed by atoms with Crippen LogP contribution in [0.3, 0.4) is 0 Å². The smallest absolute Gasteiger partial charge is 0.146 e.